The summed E-state index contributed by atoms with van der Waals surface area (Å²) in [6.07, 6.45) is 1.15. The number of benzene rings is 1. The van der Waals surface area contributed by atoms with E-state index in [4.69, 9.17) is 0 Å². The van der Waals surface area contributed by atoms with Gasteiger partial charge in [-0.05, 0) is 50.5 Å². The van der Waals surface area contributed by atoms with E-state index in [-0.39, 0.29) is 5.91 Å². The van der Waals surface area contributed by atoms with Crippen molar-refractivity contribution in [1.82, 2.24) is 4.90 Å². The van der Waals surface area contributed by atoms with Crippen molar-refractivity contribution in [3.05, 3.63) is 29.8 Å². The Kier molecular flexibility index (Phi) is 6.40. The Hall–Kier alpha value is -1.51. The Labute approximate surface area is 117 Å². The third kappa shape index (κ3) is 4.93. The van der Waals surface area contributed by atoms with Crippen LogP contribution < -0.4 is 5.32 Å². The molecule has 0 atom stereocenters. The van der Waals surface area contributed by atoms with Crippen LogP contribution in [-0.2, 0) is 0 Å². The number of rotatable bonds is 7. The molecule has 0 saturated heterocycles. The van der Waals surface area contributed by atoms with Crippen LogP contribution in [0.1, 0.15) is 44.5 Å². The lowest BCUT2D eigenvalue weighted by molar-refractivity contribution is 0.0773. The van der Waals surface area contributed by atoms with Crippen molar-refractivity contribution >= 4 is 11.6 Å². The highest BCUT2D eigenvalue weighted by atomic mass is 16.2. The lowest BCUT2D eigenvalue weighted by Gasteiger charge is -2.18. The summed E-state index contributed by atoms with van der Waals surface area (Å²) >= 11 is 0. The molecule has 0 spiro atoms. The Morgan fingerprint density at radius 2 is 1.74 bits per heavy atom. The van der Waals surface area contributed by atoms with Crippen molar-refractivity contribution in [2.45, 2.75) is 34.1 Å². The fraction of sp³-hybridized carbons (Fsp3) is 0.562. The first-order valence-corrected chi connectivity index (χ1v) is 7.21. The third-order valence-corrected chi connectivity index (χ3v) is 3.23. The molecule has 1 aromatic carbocycles. The van der Waals surface area contributed by atoms with E-state index in [2.05, 4.69) is 19.2 Å². The van der Waals surface area contributed by atoms with Crippen LogP contribution in [-0.4, -0.2) is 30.4 Å². The second-order valence-corrected chi connectivity index (χ2v) is 5.16. The van der Waals surface area contributed by atoms with Crippen molar-refractivity contribution in [3.63, 3.8) is 0 Å². The Balaban J connectivity index is 2.58. The zero-order valence-electron chi connectivity index (χ0n) is 12.6. The molecule has 19 heavy (non-hydrogen) atoms. The van der Waals surface area contributed by atoms with Gasteiger partial charge in [-0.2, -0.15) is 0 Å². The molecule has 0 heterocycles. The molecule has 0 aliphatic heterocycles. The largest absolute Gasteiger partial charge is 0.385 e. The molecule has 0 aliphatic rings. The van der Waals surface area contributed by atoms with Gasteiger partial charge in [0.05, 0.1) is 0 Å². The van der Waals surface area contributed by atoms with Gasteiger partial charge in [0.15, 0.2) is 0 Å². The van der Waals surface area contributed by atoms with Crippen LogP contribution >= 0.6 is 0 Å². The molecule has 3 nitrogen and oxygen atoms in total. The van der Waals surface area contributed by atoms with E-state index < -0.39 is 0 Å². The minimum absolute atomic E-state index is 0.110. The molecule has 0 aromatic heterocycles. The van der Waals surface area contributed by atoms with Crippen LogP contribution in [0.5, 0.6) is 0 Å². The number of carbonyl (C=O) groups excluding carboxylic acids is 1. The normalized spacial score (nSPS) is 10.6. The van der Waals surface area contributed by atoms with Crippen molar-refractivity contribution in [3.8, 4) is 0 Å². The summed E-state index contributed by atoms with van der Waals surface area (Å²) in [7, 11) is 0. The highest BCUT2D eigenvalue weighted by Gasteiger charge is 2.11. The van der Waals surface area contributed by atoms with Crippen molar-refractivity contribution in [2.24, 2.45) is 5.92 Å². The van der Waals surface area contributed by atoms with Crippen LogP contribution in [0.15, 0.2) is 24.3 Å². The predicted octanol–water partition coefficient (Wildman–Crippen LogP) is 3.63. The second kappa shape index (κ2) is 7.82. The lowest BCUT2D eigenvalue weighted by Crippen LogP contribution is -2.30. The van der Waals surface area contributed by atoms with E-state index in [1.54, 1.807) is 0 Å². The molecular weight excluding hydrogens is 236 g/mol. The van der Waals surface area contributed by atoms with E-state index in [9.17, 15) is 4.79 Å². The molecule has 0 fully saturated rings. The molecule has 0 radical (unpaired) electrons. The molecule has 1 N–H and O–H groups in total. The van der Waals surface area contributed by atoms with Gasteiger partial charge in [0.2, 0.25) is 0 Å². The molecule has 0 aliphatic carbocycles. The first-order chi connectivity index (χ1) is 9.08. The molecule has 1 amide bonds. The second-order valence-electron chi connectivity index (χ2n) is 5.16. The van der Waals surface area contributed by atoms with Crippen LogP contribution in [0.2, 0.25) is 0 Å². The SMILES string of the molecule is CCN(CC)C(=O)c1ccc(NCCC(C)C)cc1. The third-order valence-electron chi connectivity index (χ3n) is 3.23. The molecular formula is C16H26N2O. The summed E-state index contributed by atoms with van der Waals surface area (Å²) in [6, 6.07) is 7.77. The molecule has 1 aromatic rings. The summed E-state index contributed by atoms with van der Waals surface area (Å²) in [6.45, 7) is 10.9. The average molecular weight is 262 g/mol. The monoisotopic (exact) mass is 262 g/mol. The predicted molar refractivity (Wildman–Crippen MR) is 81.6 cm³/mol. The summed E-state index contributed by atoms with van der Waals surface area (Å²) in [5, 5.41) is 3.37. The topological polar surface area (TPSA) is 32.3 Å². The van der Waals surface area contributed by atoms with Crippen LogP contribution in [0.25, 0.3) is 0 Å². The van der Waals surface area contributed by atoms with Gasteiger partial charge in [-0.1, -0.05) is 13.8 Å². The molecule has 106 valence electrons. The Bertz CT molecular complexity index is 380. The minimum Gasteiger partial charge on any atom is -0.385 e. The van der Waals surface area contributed by atoms with Crippen molar-refractivity contribution in [2.75, 3.05) is 25.0 Å². The van der Waals surface area contributed by atoms with Crippen molar-refractivity contribution in [1.29, 1.82) is 0 Å². The van der Waals surface area contributed by atoms with E-state index in [0.29, 0.717) is 5.92 Å². The minimum atomic E-state index is 0.110. The van der Waals surface area contributed by atoms with Crippen LogP contribution in [0.3, 0.4) is 0 Å². The maximum atomic E-state index is 12.1. The van der Waals surface area contributed by atoms with E-state index in [0.717, 1.165) is 37.3 Å². The number of nitrogens with one attached hydrogen (secondary N) is 1. The highest BCUT2D eigenvalue weighted by molar-refractivity contribution is 5.94. The number of hydrogen-bond acceptors (Lipinski definition) is 2. The van der Waals surface area contributed by atoms with Crippen LogP contribution in [0.4, 0.5) is 5.69 Å². The lowest BCUT2D eigenvalue weighted by atomic mass is 10.1. The first kappa shape index (κ1) is 15.5. The van der Waals surface area contributed by atoms with Crippen LogP contribution in [0, 0.1) is 5.92 Å². The molecule has 0 bridgehead atoms. The fourth-order valence-corrected chi connectivity index (χ4v) is 1.93. The number of hydrogen-bond donors (Lipinski definition) is 1. The number of nitrogens with zero attached hydrogens (tertiary/aromatic N) is 1. The van der Waals surface area contributed by atoms with Gasteiger partial charge >= 0.3 is 0 Å². The molecule has 3 heteroatoms. The zero-order valence-corrected chi connectivity index (χ0v) is 12.6. The summed E-state index contributed by atoms with van der Waals surface area (Å²) in [5.74, 6) is 0.815. The smallest absolute Gasteiger partial charge is 0.253 e. The van der Waals surface area contributed by atoms with Gasteiger partial charge in [-0.3, -0.25) is 4.79 Å². The number of amides is 1. The van der Waals surface area contributed by atoms with Gasteiger partial charge < -0.3 is 10.2 Å². The summed E-state index contributed by atoms with van der Waals surface area (Å²) in [5.41, 5.74) is 1.84. The average Bonchev–Trinajstić information content (AvgIpc) is 2.40. The van der Waals surface area contributed by atoms with Crippen molar-refractivity contribution < 1.29 is 4.79 Å². The Morgan fingerprint density at radius 1 is 1.16 bits per heavy atom. The first-order valence-electron chi connectivity index (χ1n) is 7.21. The van der Waals surface area contributed by atoms with Gasteiger partial charge in [-0.25, -0.2) is 0 Å². The van der Waals surface area contributed by atoms with Gasteiger partial charge in [0, 0.05) is 30.9 Å². The molecule has 1 rings (SSSR count). The van der Waals surface area contributed by atoms with E-state index in [1.807, 2.05) is 43.0 Å². The zero-order chi connectivity index (χ0) is 14.3. The Morgan fingerprint density at radius 3 is 2.21 bits per heavy atom. The quantitative estimate of drug-likeness (QED) is 0.814. The highest BCUT2D eigenvalue weighted by Crippen LogP contribution is 2.12. The van der Waals surface area contributed by atoms with E-state index in [1.165, 1.54) is 0 Å². The van der Waals surface area contributed by atoms with Gasteiger partial charge in [0.25, 0.3) is 5.91 Å². The van der Waals surface area contributed by atoms with Gasteiger partial charge in [-0.15, -0.1) is 0 Å². The molecule has 0 saturated carbocycles. The summed E-state index contributed by atoms with van der Waals surface area (Å²) in [4.78, 5) is 14.0. The standard InChI is InChI=1S/C16H26N2O/c1-5-18(6-2)16(19)14-7-9-15(10-8-14)17-12-11-13(3)4/h7-10,13,17H,5-6,11-12H2,1-4H3. The maximum absolute atomic E-state index is 12.1. The maximum Gasteiger partial charge on any atom is 0.253 e. The molecule has 0 unspecified atom stereocenters. The number of anilines is 1. The van der Waals surface area contributed by atoms with Gasteiger partial charge in [0.1, 0.15) is 0 Å². The summed E-state index contributed by atoms with van der Waals surface area (Å²) < 4.78 is 0. The van der Waals surface area contributed by atoms with E-state index >= 15 is 0 Å². The fourth-order valence-electron chi connectivity index (χ4n) is 1.93. The number of carbonyl (C=O) groups is 1.